The van der Waals surface area contributed by atoms with E-state index in [1.54, 1.807) is 6.92 Å². The van der Waals surface area contributed by atoms with Crippen LogP contribution < -0.4 is 4.72 Å². The topological polar surface area (TPSA) is 89.3 Å². The first-order valence-corrected chi connectivity index (χ1v) is 8.53. The summed E-state index contributed by atoms with van der Waals surface area (Å²) in [5.74, 6) is 0. The Bertz CT molecular complexity index is 847. The molecule has 0 saturated carbocycles. The first kappa shape index (κ1) is 17.1. The molecule has 2 aromatic rings. The smallest absolute Gasteiger partial charge is 0.258 e. The van der Waals surface area contributed by atoms with Crippen LogP contribution in [0, 0.1) is 24.0 Å². The molecule has 0 fully saturated rings. The molecule has 0 aliphatic carbocycles. The lowest BCUT2D eigenvalue weighted by atomic mass is 10.0. The summed E-state index contributed by atoms with van der Waals surface area (Å²) in [7, 11) is -4.00. The Morgan fingerprint density at radius 3 is 2.39 bits per heavy atom. The lowest BCUT2D eigenvalue weighted by Crippen LogP contribution is -2.28. The van der Waals surface area contributed by atoms with Crippen molar-refractivity contribution in [1.82, 2.24) is 4.72 Å². The summed E-state index contributed by atoms with van der Waals surface area (Å²) >= 11 is 0. The van der Waals surface area contributed by atoms with E-state index in [-0.39, 0.29) is 4.90 Å². The number of rotatable bonds is 5. The molecular weight excluding hydrogens is 316 g/mol. The molecule has 23 heavy (non-hydrogen) atoms. The molecule has 6 nitrogen and oxygen atoms in total. The zero-order valence-corrected chi connectivity index (χ0v) is 13.9. The van der Waals surface area contributed by atoms with Crippen LogP contribution >= 0.6 is 0 Å². The molecule has 2 rings (SSSR count). The average Bonchev–Trinajstić information content (AvgIpc) is 2.46. The molecule has 0 aliphatic heterocycles. The van der Waals surface area contributed by atoms with E-state index in [1.165, 1.54) is 24.3 Å². The van der Waals surface area contributed by atoms with Crippen molar-refractivity contribution < 1.29 is 13.3 Å². The quantitative estimate of drug-likeness (QED) is 0.671. The van der Waals surface area contributed by atoms with E-state index >= 15 is 0 Å². The summed E-state index contributed by atoms with van der Waals surface area (Å²) in [6.45, 7) is 5.57. The number of nitrogens with zero attached hydrogens (tertiary/aromatic N) is 1. The van der Waals surface area contributed by atoms with Crippen molar-refractivity contribution in [3.05, 3.63) is 69.3 Å². The van der Waals surface area contributed by atoms with Gasteiger partial charge in [0.2, 0.25) is 10.0 Å². The molecule has 1 N–H and O–H groups in total. The Morgan fingerprint density at radius 1 is 1.13 bits per heavy atom. The fourth-order valence-electron chi connectivity index (χ4n) is 2.51. The van der Waals surface area contributed by atoms with E-state index in [2.05, 4.69) is 4.72 Å². The van der Waals surface area contributed by atoms with E-state index in [0.717, 1.165) is 16.7 Å². The summed E-state index contributed by atoms with van der Waals surface area (Å²) in [4.78, 5) is 10.00. The van der Waals surface area contributed by atoms with Gasteiger partial charge in [-0.25, -0.2) is 13.1 Å². The highest BCUT2D eigenvalue weighted by Gasteiger charge is 2.27. The van der Waals surface area contributed by atoms with Gasteiger partial charge in [0.15, 0.2) is 4.90 Å². The Morgan fingerprint density at radius 2 is 1.78 bits per heavy atom. The number of nitro groups is 1. The van der Waals surface area contributed by atoms with Gasteiger partial charge in [0, 0.05) is 12.1 Å². The predicted octanol–water partition coefficient (Wildman–Crippen LogP) is 3.25. The molecular formula is C16H18N2O4S. The third-order valence-electron chi connectivity index (χ3n) is 3.58. The van der Waals surface area contributed by atoms with E-state index in [0.29, 0.717) is 0 Å². The zero-order chi connectivity index (χ0) is 17.2. The summed E-state index contributed by atoms with van der Waals surface area (Å²) in [6.07, 6.45) is 0. The maximum absolute atomic E-state index is 12.5. The second-order valence-electron chi connectivity index (χ2n) is 5.43. The van der Waals surface area contributed by atoms with Crippen LogP contribution in [0.25, 0.3) is 0 Å². The molecule has 0 unspecified atom stereocenters. The number of nitro benzene ring substituents is 1. The molecule has 0 bridgehead atoms. The monoisotopic (exact) mass is 334 g/mol. The Labute approximate surface area is 135 Å². The Balaban J connectivity index is 2.37. The number of para-hydroxylation sites is 1. The fourth-order valence-corrected chi connectivity index (χ4v) is 3.90. The van der Waals surface area contributed by atoms with E-state index in [9.17, 15) is 18.5 Å². The normalized spacial score (nSPS) is 12.8. The molecule has 1 atom stereocenters. The summed E-state index contributed by atoms with van der Waals surface area (Å²) in [6, 6.07) is 10.5. The maximum Gasteiger partial charge on any atom is 0.289 e. The van der Waals surface area contributed by atoms with Gasteiger partial charge in [0.1, 0.15) is 0 Å². The van der Waals surface area contributed by atoms with Crippen molar-refractivity contribution in [2.24, 2.45) is 0 Å². The maximum atomic E-state index is 12.5. The van der Waals surface area contributed by atoms with Crippen LogP contribution in [0.5, 0.6) is 0 Å². The van der Waals surface area contributed by atoms with Crippen molar-refractivity contribution >= 4 is 15.7 Å². The summed E-state index contributed by atoms with van der Waals surface area (Å²) < 4.78 is 27.5. The molecule has 0 amide bonds. The first-order chi connectivity index (χ1) is 10.7. The van der Waals surface area contributed by atoms with Crippen LogP contribution in [0.2, 0.25) is 0 Å². The van der Waals surface area contributed by atoms with Gasteiger partial charge in [-0.1, -0.05) is 35.9 Å². The number of sulfonamides is 1. The number of aryl methyl sites for hydroxylation is 2. The molecule has 0 spiro atoms. The minimum atomic E-state index is -4.00. The van der Waals surface area contributed by atoms with Crippen LogP contribution in [-0.2, 0) is 10.0 Å². The van der Waals surface area contributed by atoms with Gasteiger partial charge in [-0.15, -0.1) is 0 Å². The molecule has 0 radical (unpaired) electrons. The molecule has 0 saturated heterocycles. The molecule has 2 aromatic carbocycles. The van der Waals surface area contributed by atoms with Crippen molar-refractivity contribution in [1.29, 1.82) is 0 Å². The van der Waals surface area contributed by atoms with Gasteiger partial charge in [-0.2, -0.15) is 0 Å². The largest absolute Gasteiger partial charge is 0.289 e. The molecule has 0 heterocycles. The van der Waals surface area contributed by atoms with Gasteiger partial charge in [-0.3, -0.25) is 10.1 Å². The van der Waals surface area contributed by atoms with E-state index in [4.69, 9.17) is 0 Å². The lowest BCUT2D eigenvalue weighted by Gasteiger charge is -2.17. The lowest BCUT2D eigenvalue weighted by molar-refractivity contribution is -0.387. The molecule has 122 valence electrons. The van der Waals surface area contributed by atoms with Crippen LogP contribution in [0.4, 0.5) is 5.69 Å². The Kier molecular flexibility index (Phi) is 4.82. The number of benzene rings is 2. The van der Waals surface area contributed by atoms with Crippen LogP contribution in [0.1, 0.15) is 29.7 Å². The zero-order valence-electron chi connectivity index (χ0n) is 13.1. The van der Waals surface area contributed by atoms with Crippen molar-refractivity contribution in [2.75, 3.05) is 0 Å². The molecule has 0 aromatic heterocycles. The predicted molar refractivity (Wildman–Crippen MR) is 87.7 cm³/mol. The second-order valence-corrected chi connectivity index (χ2v) is 7.11. The third kappa shape index (κ3) is 3.75. The molecule has 7 heteroatoms. The van der Waals surface area contributed by atoms with Crippen molar-refractivity contribution in [2.45, 2.75) is 31.7 Å². The van der Waals surface area contributed by atoms with E-state index in [1.807, 2.05) is 32.0 Å². The van der Waals surface area contributed by atoms with Crippen molar-refractivity contribution in [3.63, 3.8) is 0 Å². The minimum absolute atomic E-state index is 0.332. The first-order valence-electron chi connectivity index (χ1n) is 7.05. The van der Waals surface area contributed by atoms with Gasteiger partial charge < -0.3 is 0 Å². The SMILES string of the molecule is Cc1ccc([C@@H](C)NS(=O)(=O)c2ccccc2[N+](=O)[O-])c(C)c1. The highest BCUT2D eigenvalue weighted by molar-refractivity contribution is 7.89. The highest BCUT2D eigenvalue weighted by atomic mass is 32.2. The highest BCUT2D eigenvalue weighted by Crippen LogP contribution is 2.26. The van der Waals surface area contributed by atoms with E-state index < -0.39 is 26.7 Å². The van der Waals surface area contributed by atoms with Crippen LogP contribution in [-0.4, -0.2) is 13.3 Å². The van der Waals surface area contributed by atoms with Crippen molar-refractivity contribution in [3.8, 4) is 0 Å². The van der Waals surface area contributed by atoms with Gasteiger partial charge >= 0.3 is 0 Å². The van der Waals surface area contributed by atoms with Crippen LogP contribution in [0.15, 0.2) is 47.4 Å². The minimum Gasteiger partial charge on any atom is -0.258 e. The number of hydrogen-bond acceptors (Lipinski definition) is 4. The molecule has 0 aliphatic rings. The number of nitrogens with one attached hydrogen (secondary N) is 1. The fraction of sp³-hybridized carbons (Fsp3) is 0.250. The average molecular weight is 334 g/mol. The summed E-state index contributed by atoms with van der Waals surface area (Å²) in [5.41, 5.74) is 2.44. The third-order valence-corrected chi connectivity index (χ3v) is 5.16. The number of hydrogen-bond donors (Lipinski definition) is 1. The van der Waals surface area contributed by atoms with Gasteiger partial charge in [0.25, 0.3) is 5.69 Å². The standard InChI is InChI=1S/C16H18N2O4S/c1-11-8-9-14(12(2)10-11)13(3)17-23(21,22)16-7-5-4-6-15(16)18(19)20/h4-10,13,17H,1-3H3/t13-/m1/s1. The van der Waals surface area contributed by atoms with Crippen LogP contribution in [0.3, 0.4) is 0 Å². The van der Waals surface area contributed by atoms with Gasteiger partial charge in [-0.05, 0) is 38.0 Å². The second kappa shape index (κ2) is 6.47. The van der Waals surface area contributed by atoms with Gasteiger partial charge in [0.05, 0.1) is 4.92 Å². The summed E-state index contributed by atoms with van der Waals surface area (Å²) in [5, 5.41) is 11.0. The Hall–Kier alpha value is -2.25.